The van der Waals surface area contributed by atoms with Crippen molar-refractivity contribution in [1.82, 2.24) is 0 Å². The first-order valence-electron chi connectivity index (χ1n) is 10.5. The molecule has 34 heavy (non-hydrogen) atoms. The zero-order chi connectivity index (χ0) is 24.6. The van der Waals surface area contributed by atoms with Crippen molar-refractivity contribution in [3.05, 3.63) is 96.1 Å². The third-order valence-corrected chi connectivity index (χ3v) is 6.09. The summed E-state index contributed by atoms with van der Waals surface area (Å²) < 4.78 is 38.8. The van der Waals surface area contributed by atoms with E-state index in [1.54, 1.807) is 30.3 Å². The Morgan fingerprint density at radius 1 is 0.912 bits per heavy atom. The van der Waals surface area contributed by atoms with E-state index in [4.69, 9.17) is 0 Å². The maximum Gasteiger partial charge on any atom is 0.416 e. The van der Waals surface area contributed by atoms with Crippen molar-refractivity contribution in [3.63, 3.8) is 0 Å². The molecule has 3 rings (SSSR count). The normalized spacial score (nSPS) is 12.4. The Bertz CT molecular complexity index is 1160. The number of rotatable bonds is 8. The van der Waals surface area contributed by atoms with E-state index < -0.39 is 22.9 Å². The van der Waals surface area contributed by atoms with Gasteiger partial charge in [-0.15, -0.1) is 11.8 Å². The van der Waals surface area contributed by atoms with Crippen molar-refractivity contribution in [2.75, 3.05) is 10.6 Å². The van der Waals surface area contributed by atoms with Gasteiger partial charge in [-0.05, 0) is 54.5 Å². The fourth-order valence-electron chi connectivity index (χ4n) is 3.05. The molecule has 0 aliphatic carbocycles. The van der Waals surface area contributed by atoms with Crippen LogP contribution in [0.25, 0.3) is 6.08 Å². The predicted octanol–water partition coefficient (Wildman–Crippen LogP) is 6.87. The van der Waals surface area contributed by atoms with Crippen LogP contribution in [0.1, 0.15) is 24.5 Å². The van der Waals surface area contributed by atoms with E-state index in [2.05, 4.69) is 10.6 Å². The number of hydrogen-bond donors (Lipinski definition) is 2. The number of amides is 2. The SMILES string of the molecule is CCC(Sc1cccc(NC(=O)/C=C/c2ccccc2)c1)C(=O)Nc1cccc(C(F)(F)F)c1. The molecule has 2 amide bonds. The van der Waals surface area contributed by atoms with Gasteiger partial charge < -0.3 is 10.6 Å². The highest BCUT2D eigenvalue weighted by molar-refractivity contribution is 8.00. The molecule has 8 heteroatoms. The third kappa shape index (κ3) is 7.52. The molecule has 0 saturated carbocycles. The highest BCUT2D eigenvalue weighted by atomic mass is 32.2. The lowest BCUT2D eigenvalue weighted by atomic mass is 10.2. The molecule has 176 valence electrons. The Kier molecular flexibility index (Phi) is 8.54. The second-order valence-electron chi connectivity index (χ2n) is 7.34. The molecule has 0 aliphatic rings. The molecular formula is C26H23F3N2O2S. The van der Waals surface area contributed by atoms with Crippen molar-refractivity contribution in [2.45, 2.75) is 29.7 Å². The minimum absolute atomic E-state index is 0.0880. The molecule has 4 nitrogen and oxygen atoms in total. The van der Waals surface area contributed by atoms with Crippen molar-refractivity contribution >= 4 is 41.0 Å². The number of thioether (sulfide) groups is 1. The van der Waals surface area contributed by atoms with Crippen LogP contribution < -0.4 is 10.6 Å². The first kappa shape index (κ1) is 25.1. The number of carbonyl (C=O) groups is 2. The second kappa shape index (κ2) is 11.6. The molecule has 0 saturated heterocycles. The molecule has 0 radical (unpaired) electrons. The summed E-state index contributed by atoms with van der Waals surface area (Å²) >= 11 is 1.27. The van der Waals surface area contributed by atoms with Crippen LogP contribution in [0.2, 0.25) is 0 Å². The van der Waals surface area contributed by atoms with Crippen LogP contribution in [-0.2, 0) is 15.8 Å². The minimum atomic E-state index is -4.49. The van der Waals surface area contributed by atoms with Crippen LogP contribution >= 0.6 is 11.8 Å². The first-order chi connectivity index (χ1) is 16.2. The van der Waals surface area contributed by atoms with E-state index >= 15 is 0 Å². The van der Waals surface area contributed by atoms with Gasteiger partial charge in [0.1, 0.15) is 0 Å². The molecule has 0 aliphatic heterocycles. The summed E-state index contributed by atoms with van der Waals surface area (Å²) in [6.07, 6.45) is -0.877. The van der Waals surface area contributed by atoms with Crippen LogP contribution in [0.3, 0.4) is 0 Å². The summed E-state index contributed by atoms with van der Waals surface area (Å²) in [4.78, 5) is 25.7. The topological polar surface area (TPSA) is 58.2 Å². The van der Waals surface area contributed by atoms with Crippen molar-refractivity contribution in [2.24, 2.45) is 0 Å². The molecule has 0 fully saturated rings. The molecule has 3 aromatic carbocycles. The minimum Gasteiger partial charge on any atom is -0.325 e. The Hall–Kier alpha value is -3.52. The number of benzene rings is 3. The van der Waals surface area contributed by atoms with E-state index in [0.29, 0.717) is 12.1 Å². The summed E-state index contributed by atoms with van der Waals surface area (Å²) in [7, 11) is 0. The van der Waals surface area contributed by atoms with Crippen molar-refractivity contribution in [3.8, 4) is 0 Å². The predicted molar refractivity (Wildman–Crippen MR) is 131 cm³/mol. The van der Waals surface area contributed by atoms with Crippen molar-refractivity contribution in [1.29, 1.82) is 0 Å². The van der Waals surface area contributed by atoms with Gasteiger partial charge in [-0.3, -0.25) is 9.59 Å². The molecule has 2 N–H and O–H groups in total. The molecule has 0 aromatic heterocycles. The van der Waals surface area contributed by atoms with E-state index in [-0.39, 0.29) is 11.6 Å². The molecule has 1 unspecified atom stereocenters. The lowest BCUT2D eigenvalue weighted by Gasteiger charge is -2.16. The molecule has 0 spiro atoms. The summed E-state index contributed by atoms with van der Waals surface area (Å²) in [5.41, 5.74) is 0.737. The zero-order valence-electron chi connectivity index (χ0n) is 18.3. The van der Waals surface area contributed by atoms with Gasteiger partial charge in [0.15, 0.2) is 0 Å². The Morgan fingerprint density at radius 2 is 1.59 bits per heavy atom. The summed E-state index contributed by atoms with van der Waals surface area (Å²) in [6, 6.07) is 21.0. The number of hydrogen-bond acceptors (Lipinski definition) is 3. The van der Waals surface area contributed by atoms with Gasteiger partial charge in [-0.25, -0.2) is 0 Å². The molecule has 1 atom stereocenters. The lowest BCUT2D eigenvalue weighted by molar-refractivity contribution is -0.137. The standard InChI is InChI=1S/C26H23F3N2O2S/c1-2-23(25(33)31-20-11-6-10-19(16-20)26(27,28)29)34-22-13-7-12-21(17-22)30-24(32)15-14-18-8-4-3-5-9-18/h3-17,23H,2H2,1H3,(H,30,32)(H,31,33)/b15-14+. The fraction of sp³-hybridized carbons (Fsp3) is 0.154. The van der Waals surface area contributed by atoms with Crippen LogP contribution in [-0.4, -0.2) is 17.1 Å². The average molecular weight is 485 g/mol. The van der Waals surface area contributed by atoms with Crippen LogP contribution in [0.15, 0.2) is 89.8 Å². The number of halogens is 3. The highest BCUT2D eigenvalue weighted by Gasteiger charge is 2.30. The highest BCUT2D eigenvalue weighted by Crippen LogP contribution is 2.32. The first-order valence-corrected chi connectivity index (χ1v) is 11.4. The Balaban J connectivity index is 1.62. The lowest BCUT2D eigenvalue weighted by Crippen LogP contribution is -2.24. The van der Waals surface area contributed by atoms with E-state index in [0.717, 1.165) is 22.6 Å². The van der Waals surface area contributed by atoms with E-state index in [9.17, 15) is 22.8 Å². The largest absolute Gasteiger partial charge is 0.416 e. The number of carbonyl (C=O) groups excluding carboxylic acids is 2. The van der Waals surface area contributed by atoms with Gasteiger partial charge in [0.25, 0.3) is 0 Å². The van der Waals surface area contributed by atoms with E-state index in [1.807, 2.05) is 37.3 Å². The van der Waals surface area contributed by atoms with Gasteiger partial charge in [0, 0.05) is 22.3 Å². The summed E-state index contributed by atoms with van der Waals surface area (Å²) in [5, 5.41) is 4.82. The number of alkyl halides is 3. The second-order valence-corrected chi connectivity index (χ2v) is 8.62. The maximum absolute atomic E-state index is 12.9. The maximum atomic E-state index is 12.9. The third-order valence-electron chi connectivity index (χ3n) is 4.73. The zero-order valence-corrected chi connectivity index (χ0v) is 19.1. The van der Waals surface area contributed by atoms with Crippen LogP contribution in [0.5, 0.6) is 0 Å². The fourth-order valence-corrected chi connectivity index (χ4v) is 4.06. The van der Waals surface area contributed by atoms with Gasteiger partial charge >= 0.3 is 6.18 Å². The Labute approximate surface area is 200 Å². The molecule has 0 bridgehead atoms. The molecule has 0 heterocycles. The monoisotopic (exact) mass is 484 g/mol. The Morgan fingerprint density at radius 3 is 2.26 bits per heavy atom. The van der Waals surface area contributed by atoms with Gasteiger partial charge in [0.05, 0.1) is 10.8 Å². The van der Waals surface area contributed by atoms with Crippen LogP contribution in [0, 0.1) is 0 Å². The summed E-state index contributed by atoms with van der Waals surface area (Å²) in [5.74, 6) is -0.688. The molecular weight excluding hydrogens is 461 g/mol. The number of nitrogens with one attached hydrogen (secondary N) is 2. The van der Waals surface area contributed by atoms with Crippen molar-refractivity contribution < 1.29 is 22.8 Å². The van der Waals surface area contributed by atoms with E-state index in [1.165, 1.54) is 30.0 Å². The summed E-state index contributed by atoms with van der Waals surface area (Å²) in [6.45, 7) is 1.82. The van der Waals surface area contributed by atoms with Gasteiger partial charge in [-0.2, -0.15) is 13.2 Å². The van der Waals surface area contributed by atoms with Gasteiger partial charge in [0.2, 0.25) is 11.8 Å². The van der Waals surface area contributed by atoms with Crippen LogP contribution in [0.4, 0.5) is 24.5 Å². The van der Waals surface area contributed by atoms with Gasteiger partial charge in [-0.1, -0.05) is 49.4 Å². The smallest absolute Gasteiger partial charge is 0.325 e. The average Bonchev–Trinajstić information content (AvgIpc) is 2.81. The quantitative estimate of drug-likeness (QED) is 0.271. The number of anilines is 2. The molecule has 3 aromatic rings.